The van der Waals surface area contributed by atoms with Gasteiger partial charge in [0.05, 0.1) is 18.2 Å². The van der Waals surface area contributed by atoms with Crippen LogP contribution in [-0.4, -0.2) is 30.6 Å². The number of aromatic nitrogens is 1. The molecule has 0 bridgehead atoms. The molecular formula is C14H19N3O2. The van der Waals surface area contributed by atoms with E-state index in [0.717, 1.165) is 22.3 Å². The van der Waals surface area contributed by atoms with Crippen LogP contribution < -0.4 is 15.8 Å². The summed E-state index contributed by atoms with van der Waals surface area (Å²) in [6.07, 6.45) is 0. The molecule has 5 heteroatoms. The second-order valence-electron chi connectivity index (χ2n) is 4.65. The summed E-state index contributed by atoms with van der Waals surface area (Å²) in [5, 5.41) is 3.77. The Morgan fingerprint density at radius 2 is 2.26 bits per heavy atom. The fraction of sp³-hybridized carbons (Fsp3) is 0.357. The number of carbonyl (C=O) groups is 1. The Morgan fingerprint density at radius 1 is 1.53 bits per heavy atom. The zero-order chi connectivity index (χ0) is 14.0. The summed E-state index contributed by atoms with van der Waals surface area (Å²) in [4.78, 5) is 15.4. The smallest absolute Gasteiger partial charge is 0.253 e. The number of carbonyl (C=O) groups excluding carboxylic acids is 1. The minimum Gasteiger partial charge on any atom is -0.497 e. The lowest BCUT2D eigenvalue weighted by Gasteiger charge is -2.11. The standard InChI is InChI=1S/C14H19N3O2/c1-8(7-15)16-14(18)13-9(2)17-12-6-10(19-3)4-5-11(12)13/h4-6,8,17H,7,15H2,1-3H3,(H,16,18). The number of nitrogens with two attached hydrogens (primary N) is 1. The van der Waals surface area contributed by atoms with E-state index in [1.807, 2.05) is 32.0 Å². The van der Waals surface area contributed by atoms with E-state index in [9.17, 15) is 4.79 Å². The predicted molar refractivity (Wildman–Crippen MR) is 75.6 cm³/mol. The lowest BCUT2D eigenvalue weighted by Crippen LogP contribution is -2.37. The lowest BCUT2D eigenvalue weighted by atomic mass is 10.1. The van der Waals surface area contributed by atoms with Crippen LogP contribution in [0.5, 0.6) is 5.75 Å². The molecule has 0 saturated carbocycles. The van der Waals surface area contributed by atoms with Crippen molar-refractivity contribution < 1.29 is 9.53 Å². The molecule has 2 rings (SSSR count). The number of fused-ring (bicyclic) bond motifs is 1. The second kappa shape index (κ2) is 5.32. The SMILES string of the molecule is COc1ccc2c(C(=O)NC(C)CN)c(C)[nH]c2c1. The van der Waals surface area contributed by atoms with Crippen LogP contribution in [0.25, 0.3) is 10.9 Å². The summed E-state index contributed by atoms with van der Waals surface area (Å²) in [6.45, 7) is 4.18. The van der Waals surface area contributed by atoms with Gasteiger partial charge in [-0.05, 0) is 26.0 Å². The molecule has 0 fully saturated rings. The molecule has 102 valence electrons. The molecule has 0 aliphatic rings. The molecule has 0 aliphatic carbocycles. The number of aromatic amines is 1. The molecular weight excluding hydrogens is 242 g/mol. The minimum absolute atomic E-state index is 0.0462. The fourth-order valence-electron chi connectivity index (χ4n) is 2.09. The molecule has 0 radical (unpaired) electrons. The third kappa shape index (κ3) is 2.56. The summed E-state index contributed by atoms with van der Waals surface area (Å²) < 4.78 is 5.18. The number of amides is 1. The van der Waals surface area contributed by atoms with Crippen molar-refractivity contribution in [3.63, 3.8) is 0 Å². The minimum atomic E-state index is -0.105. The number of rotatable bonds is 4. The Labute approximate surface area is 112 Å². The van der Waals surface area contributed by atoms with Crippen molar-refractivity contribution in [2.24, 2.45) is 5.73 Å². The number of H-pyrrole nitrogens is 1. The second-order valence-corrected chi connectivity index (χ2v) is 4.65. The Kier molecular flexibility index (Phi) is 3.76. The third-order valence-corrected chi connectivity index (χ3v) is 3.15. The van der Waals surface area contributed by atoms with Gasteiger partial charge in [-0.25, -0.2) is 0 Å². The van der Waals surface area contributed by atoms with Gasteiger partial charge in [-0.15, -0.1) is 0 Å². The van der Waals surface area contributed by atoms with Gasteiger partial charge in [0.25, 0.3) is 5.91 Å². The quantitative estimate of drug-likeness (QED) is 0.781. The maximum Gasteiger partial charge on any atom is 0.253 e. The van der Waals surface area contributed by atoms with Gasteiger partial charge in [0.15, 0.2) is 0 Å². The molecule has 1 amide bonds. The average Bonchev–Trinajstić information content (AvgIpc) is 2.73. The summed E-state index contributed by atoms with van der Waals surface area (Å²) >= 11 is 0. The molecule has 5 nitrogen and oxygen atoms in total. The van der Waals surface area contributed by atoms with E-state index in [0.29, 0.717) is 12.1 Å². The molecule has 1 atom stereocenters. The molecule has 2 aromatic rings. The van der Waals surface area contributed by atoms with Gasteiger partial charge < -0.3 is 20.8 Å². The van der Waals surface area contributed by atoms with Crippen molar-refractivity contribution in [2.75, 3.05) is 13.7 Å². The molecule has 0 spiro atoms. The monoisotopic (exact) mass is 261 g/mol. The molecule has 1 aromatic heterocycles. The van der Waals surface area contributed by atoms with Crippen LogP contribution in [-0.2, 0) is 0 Å². The largest absolute Gasteiger partial charge is 0.497 e. The highest BCUT2D eigenvalue weighted by atomic mass is 16.5. The molecule has 1 aromatic carbocycles. The molecule has 0 saturated heterocycles. The van der Waals surface area contributed by atoms with Crippen LogP contribution in [0, 0.1) is 6.92 Å². The van der Waals surface area contributed by atoms with Gasteiger partial charge in [0, 0.05) is 29.7 Å². The van der Waals surface area contributed by atoms with Crippen molar-refractivity contribution in [1.82, 2.24) is 10.3 Å². The molecule has 4 N–H and O–H groups in total. The Morgan fingerprint density at radius 3 is 2.89 bits per heavy atom. The van der Waals surface area contributed by atoms with E-state index >= 15 is 0 Å². The number of methoxy groups -OCH3 is 1. The first-order valence-corrected chi connectivity index (χ1v) is 6.24. The maximum absolute atomic E-state index is 12.2. The Balaban J connectivity index is 2.43. The van der Waals surface area contributed by atoms with Gasteiger partial charge in [-0.2, -0.15) is 0 Å². The van der Waals surface area contributed by atoms with Crippen molar-refractivity contribution >= 4 is 16.8 Å². The number of nitrogens with one attached hydrogen (secondary N) is 2. The first-order valence-electron chi connectivity index (χ1n) is 6.24. The van der Waals surface area contributed by atoms with Crippen LogP contribution >= 0.6 is 0 Å². The average molecular weight is 261 g/mol. The molecule has 19 heavy (non-hydrogen) atoms. The van der Waals surface area contributed by atoms with Gasteiger partial charge >= 0.3 is 0 Å². The Hall–Kier alpha value is -2.01. The van der Waals surface area contributed by atoms with E-state index in [1.54, 1.807) is 7.11 Å². The number of aryl methyl sites for hydroxylation is 1. The van der Waals surface area contributed by atoms with Gasteiger partial charge in [-0.3, -0.25) is 4.79 Å². The van der Waals surface area contributed by atoms with Gasteiger partial charge in [0.1, 0.15) is 5.75 Å². The lowest BCUT2D eigenvalue weighted by molar-refractivity contribution is 0.0942. The van der Waals surface area contributed by atoms with Crippen molar-refractivity contribution in [3.8, 4) is 5.75 Å². The van der Waals surface area contributed by atoms with E-state index in [2.05, 4.69) is 10.3 Å². The zero-order valence-corrected chi connectivity index (χ0v) is 11.4. The topological polar surface area (TPSA) is 80.1 Å². The van der Waals surface area contributed by atoms with E-state index < -0.39 is 0 Å². The van der Waals surface area contributed by atoms with E-state index in [-0.39, 0.29) is 11.9 Å². The van der Waals surface area contributed by atoms with Crippen LogP contribution in [0.1, 0.15) is 23.0 Å². The molecule has 1 unspecified atom stereocenters. The number of ether oxygens (including phenoxy) is 1. The summed E-state index contributed by atoms with van der Waals surface area (Å²) in [6, 6.07) is 5.57. The first kappa shape index (κ1) is 13.4. The first-order chi connectivity index (χ1) is 9.06. The zero-order valence-electron chi connectivity index (χ0n) is 11.4. The van der Waals surface area contributed by atoms with Crippen molar-refractivity contribution in [3.05, 3.63) is 29.5 Å². The number of benzene rings is 1. The van der Waals surface area contributed by atoms with Crippen molar-refractivity contribution in [1.29, 1.82) is 0 Å². The maximum atomic E-state index is 12.2. The van der Waals surface area contributed by atoms with Gasteiger partial charge in [0.2, 0.25) is 0 Å². The molecule has 0 aliphatic heterocycles. The normalized spacial score (nSPS) is 12.4. The fourth-order valence-corrected chi connectivity index (χ4v) is 2.09. The summed E-state index contributed by atoms with van der Waals surface area (Å²) in [5.41, 5.74) is 7.92. The van der Waals surface area contributed by atoms with Crippen LogP contribution in [0.4, 0.5) is 0 Å². The van der Waals surface area contributed by atoms with Crippen molar-refractivity contribution in [2.45, 2.75) is 19.9 Å². The number of hydrogen-bond donors (Lipinski definition) is 3. The highest BCUT2D eigenvalue weighted by molar-refractivity contribution is 6.08. The Bertz CT molecular complexity index is 604. The van der Waals surface area contributed by atoms with E-state index in [1.165, 1.54) is 0 Å². The van der Waals surface area contributed by atoms with Gasteiger partial charge in [-0.1, -0.05) is 0 Å². The third-order valence-electron chi connectivity index (χ3n) is 3.15. The summed E-state index contributed by atoms with van der Waals surface area (Å²) in [5.74, 6) is 0.655. The van der Waals surface area contributed by atoms with Crippen LogP contribution in [0.15, 0.2) is 18.2 Å². The van der Waals surface area contributed by atoms with Crippen LogP contribution in [0.2, 0.25) is 0 Å². The van der Waals surface area contributed by atoms with E-state index in [4.69, 9.17) is 10.5 Å². The molecule has 1 heterocycles. The highest BCUT2D eigenvalue weighted by Gasteiger charge is 2.17. The van der Waals surface area contributed by atoms with Crippen LogP contribution in [0.3, 0.4) is 0 Å². The predicted octanol–water partition coefficient (Wildman–Crippen LogP) is 1.56. The highest BCUT2D eigenvalue weighted by Crippen LogP contribution is 2.25. The summed E-state index contributed by atoms with van der Waals surface area (Å²) in [7, 11) is 1.62. The number of hydrogen-bond acceptors (Lipinski definition) is 3.